The predicted molar refractivity (Wildman–Crippen MR) is 134 cm³/mol. The molecule has 2 aromatic carbocycles. The molecule has 0 amide bonds. The molecule has 1 aliphatic carbocycles. The van der Waals surface area contributed by atoms with Gasteiger partial charge in [0.1, 0.15) is 18.2 Å². The molecule has 4 aliphatic heterocycles. The molecule has 0 N–H and O–H groups in total. The van der Waals surface area contributed by atoms with Crippen LogP contribution in [0.2, 0.25) is 0 Å². The Morgan fingerprint density at radius 3 is 2.73 bits per heavy atom. The smallest absolute Gasteiger partial charge is 0.152 e. The molecule has 37 heavy (non-hydrogen) atoms. The standard InChI is InChI=1S/C29H29FN4O3/c1-18-11-33(17-31-18)24-7-6-21(22-8-9-36-26(22)24)23-10-29(23)13-28(15-35-16-28)14-34-25(12-37-32-27(29)34)19-2-4-20(30)5-3-19/h2-7,11,17,23,25H,8-10,12-16H2,1H3. The van der Waals surface area contributed by atoms with Crippen molar-refractivity contribution in [1.82, 2.24) is 14.5 Å². The Kier molecular flexibility index (Phi) is 4.43. The number of benzene rings is 2. The van der Waals surface area contributed by atoms with E-state index in [1.165, 1.54) is 23.3 Å². The first kappa shape index (κ1) is 21.7. The second kappa shape index (κ2) is 7.57. The van der Waals surface area contributed by atoms with Crippen LogP contribution in [-0.4, -0.2) is 53.3 Å². The van der Waals surface area contributed by atoms with Crippen LogP contribution >= 0.6 is 0 Å². The number of oxime groups is 1. The molecule has 3 atom stereocenters. The highest BCUT2D eigenvalue weighted by Gasteiger charge is 2.68. The zero-order valence-corrected chi connectivity index (χ0v) is 20.8. The van der Waals surface area contributed by atoms with Crippen molar-refractivity contribution in [2.45, 2.75) is 38.1 Å². The third-order valence-electron chi connectivity index (χ3n) is 9.06. The average molecular weight is 501 g/mol. The van der Waals surface area contributed by atoms with Crippen LogP contribution in [0.5, 0.6) is 5.75 Å². The number of fused-ring (bicyclic) bond motifs is 3. The van der Waals surface area contributed by atoms with E-state index < -0.39 is 0 Å². The second-order valence-corrected chi connectivity index (χ2v) is 11.5. The molecule has 1 saturated carbocycles. The van der Waals surface area contributed by atoms with Crippen molar-refractivity contribution >= 4 is 5.84 Å². The summed E-state index contributed by atoms with van der Waals surface area (Å²) in [5.41, 5.74) is 5.83. The molecular formula is C29H29FN4O3. The number of aryl methyl sites for hydroxylation is 1. The number of nitrogens with zero attached hydrogens (tertiary/aromatic N) is 4. The summed E-state index contributed by atoms with van der Waals surface area (Å²) in [4.78, 5) is 12.7. The van der Waals surface area contributed by atoms with Gasteiger partial charge >= 0.3 is 0 Å². The Morgan fingerprint density at radius 1 is 1.11 bits per heavy atom. The number of ether oxygens (including phenoxy) is 2. The number of hydrogen-bond donors (Lipinski definition) is 0. The number of hydrogen-bond acceptors (Lipinski definition) is 6. The summed E-state index contributed by atoms with van der Waals surface area (Å²) in [6.45, 7) is 5.62. The molecule has 7 nitrogen and oxygen atoms in total. The molecule has 1 aromatic heterocycles. The van der Waals surface area contributed by atoms with Gasteiger partial charge in [0.15, 0.2) is 5.84 Å². The number of imidazole rings is 1. The van der Waals surface area contributed by atoms with Crippen molar-refractivity contribution in [3.63, 3.8) is 0 Å². The van der Waals surface area contributed by atoms with E-state index in [9.17, 15) is 4.39 Å². The molecule has 190 valence electrons. The highest BCUT2D eigenvalue weighted by atomic mass is 19.1. The van der Waals surface area contributed by atoms with Crippen LogP contribution in [-0.2, 0) is 16.0 Å². The minimum atomic E-state index is -0.221. The Morgan fingerprint density at radius 2 is 1.97 bits per heavy atom. The van der Waals surface area contributed by atoms with Gasteiger partial charge in [-0.15, -0.1) is 0 Å². The van der Waals surface area contributed by atoms with Crippen LogP contribution in [0.3, 0.4) is 0 Å². The highest BCUT2D eigenvalue weighted by Crippen LogP contribution is 2.70. The Balaban J connectivity index is 1.18. The van der Waals surface area contributed by atoms with Crippen LogP contribution in [0.1, 0.15) is 47.2 Å². The van der Waals surface area contributed by atoms with Crippen molar-refractivity contribution in [3.8, 4) is 11.4 Å². The second-order valence-electron chi connectivity index (χ2n) is 11.5. The molecule has 3 aromatic rings. The van der Waals surface area contributed by atoms with Gasteiger partial charge in [0, 0.05) is 35.6 Å². The van der Waals surface area contributed by atoms with Crippen LogP contribution in [0.4, 0.5) is 4.39 Å². The zero-order chi connectivity index (χ0) is 24.8. The molecule has 5 heterocycles. The van der Waals surface area contributed by atoms with Gasteiger partial charge in [-0.1, -0.05) is 23.4 Å². The lowest BCUT2D eigenvalue weighted by molar-refractivity contribution is -0.148. The summed E-state index contributed by atoms with van der Waals surface area (Å²) in [5, 5.41) is 4.71. The molecule has 5 aliphatic rings. The lowest BCUT2D eigenvalue weighted by Gasteiger charge is -2.55. The third-order valence-corrected chi connectivity index (χ3v) is 9.06. The summed E-state index contributed by atoms with van der Waals surface area (Å²) in [5.74, 6) is 2.17. The van der Waals surface area contributed by atoms with Crippen molar-refractivity contribution in [2.24, 2.45) is 16.0 Å². The fraction of sp³-hybridized carbons (Fsp3) is 0.448. The Hall–Kier alpha value is -3.39. The monoisotopic (exact) mass is 500 g/mol. The van der Waals surface area contributed by atoms with Gasteiger partial charge in [-0.2, -0.15) is 0 Å². The maximum Gasteiger partial charge on any atom is 0.152 e. The quantitative estimate of drug-likeness (QED) is 0.529. The van der Waals surface area contributed by atoms with Gasteiger partial charge < -0.3 is 23.8 Å². The van der Waals surface area contributed by atoms with E-state index in [2.05, 4.69) is 26.6 Å². The van der Waals surface area contributed by atoms with E-state index in [1.54, 1.807) is 0 Å². The van der Waals surface area contributed by atoms with E-state index in [0.717, 1.165) is 67.6 Å². The fourth-order valence-electron chi connectivity index (χ4n) is 7.27. The molecule has 8 heteroatoms. The minimum Gasteiger partial charge on any atom is -0.491 e. The lowest BCUT2D eigenvalue weighted by atomic mass is 9.69. The summed E-state index contributed by atoms with van der Waals surface area (Å²) in [6.07, 6.45) is 6.90. The van der Waals surface area contributed by atoms with Crippen molar-refractivity contribution < 1.29 is 18.7 Å². The first-order valence-electron chi connectivity index (χ1n) is 13.2. The van der Waals surface area contributed by atoms with Crippen LogP contribution in [0.25, 0.3) is 5.69 Å². The predicted octanol–water partition coefficient (Wildman–Crippen LogP) is 4.54. The van der Waals surface area contributed by atoms with Crippen molar-refractivity contribution in [3.05, 3.63) is 77.1 Å². The highest BCUT2D eigenvalue weighted by molar-refractivity contribution is 5.94. The van der Waals surface area contributed by atoms with Crippen LogP contribution in [0, 0.1) is 23.6 Å². The first-order valence-corrected chi connectivity index (χ1v) is 13.2. The summed E-state index contributed by atoms with van der Waals surface area (Å²) in [6, 6.07) is 11.3. The number of rotatable bonds is 3. The molecule has 3 unspecified atom stereocenters. The fourth-order valence-corrected chi connectivity index (χ4v) is 7.27. The largest absolute Gasteiger partial charge is 0.491 e. The molecule has 2 spiro atoms. The molecule has 0 bridgehead atoms. The SMILES string of the molecule is Cc1cn(-c2ccc(C3CC34CC3(COC3)CN3C4=NOCC3c3ccc(F)cc3)c3c2OCC3)cn1. The summed E-state index contributed by atoms with van der Waals surface area (Å²) in [7, 11) is 0. The third kappa shape index (κ3) is 3.14. The van der Waals surface area contributed by atoms with Gasteiger partial charge in [0.2, 0.25) is 0 Å². The topological polar surface area (TPSA) is 61.1 Å². The summed E-state index contributed by atoms with van der Waals surface area (Å²) < 4.78 is 27.7. The van der Waals surface area contributed by atoms with Gasteiger partial charge in [-0.3, -0.25) is 0 Å². The summed E-state index contributed by atoms with van der Waals surface area (Å²) >= 11 is 0. The molecule has 0 radical (unpaired) electrons. The van der Waals surface area contributed by atoms with Crippen LogP contribution in [0.15, 0.2) is 54.1 Å². The lowest BCUT2D eigenvalue weighted by Crippen LogP contribution is -2.62. The van der Waals surface area contributed by atoms with E-state index in [-0.39, 0.29) is 22.7 Å². The minimum absolute atomic E-state index is 0.0184. The molecular weight excluding hydrogens is 471 g/mol. The molecule has 3 fully saturated rings. The average Bonchev–Trinajstić information content (AvgIpc) is 3.20. The number of amidine groups is 1. The van der Waals surface area contributed by atoms with E-state index >= 15 is 0 Å². The number of piperidine rings is 1. The Bertz CT molecular complexity index is 1430. The number of halogens is 1. The van der Waals surface area contributed by atoms with Gasteiger partial charge in [0.05, 0.1) is 43.6 Å². The van der Waals surface area contributed by atoms with Gasteiger partial charge in [-0.05, 0) is 55.0 Å². The zero-order valence-electron chi connectivity index (χ0n) is 20.8. The van der Waals surface area contributed by atoms with E-state index in [0.29, 0.717) is 19.1 Å². The maximum atomic E-state index is 13.7. The molecule has 8 rings (SSSR count). The number of aromatic nitrogens is 2. The molecule has 2 saturated heterocycles. The van der Waals surface area contributed by atoms with Crippen molar-refractivity contribution in [1.29, 1.82) is 0 Å². The maximum absolute atomic E-state index is 13.7. The van der Waals surface area contributed by atoms with Gasteiger partial charge in [-0.25, -0.2) is 9.37 Å². The first-order chi connectivity index (χ1) is 18.1. The Labute approximate surface area is 214 Å². The van der Waals surface area contributed by atoms with E-state index in [1.807, 2.05) is 31.6 Å². The normalized spacial score (nSPS) is 28.7. The van der Waals surface area contributed by atoms with Crippen molar-refractivity contribution in [2.75, 3.05) is 33.0 Å². The van der Waals surface area contributed by atoms with Gasteiger partial charge in [0.25, 0.3) is 0 Å². The van der Waals surface area contributed by atoms with Crippen LogP contribution < -0.4 is 4.74 Å². The van der Waals surface area contributed by atoms with E-state index in [4.69, 9.17) is 19.5 Å².